The van der Waals surface area contributed by atoms with Gasteiger partial charge in [-0.1, -0.05) is 18.2 Å². The fraction of sp³-hybridized carbons (Fsp3) is 0.273. The Morgan fingerprint density at radius 2 is 2.25 bits per heavy atom. The zero-order valence-corrected chi connectivity index (χ0v) is 9.71. The van der Waals surface area contributed by atoms with Crippen LogP contribution < -0.4 is 10.2 Å². The second-order valence-electron chi connectivity index (χ2n) is 3.45. The molecule has 0 aliphatic carbocycles. The molecule has 0 fully saturated rings. The van der Waals surface area contributed by atoms with E-state index in [4.69, 9.17) is 12.2 Å². The van der Waals surface area contributed by atoms with Crippen LogP contribution in [0.4, 0.5) is 10.5 Å². The summed E-state index contributed by atoms with van der Waals surface area (Å²) in [5, 5.41) is 2.89. The predicted octanol–water partition coefficient (Wildman–Crippen LogP) is 1.69. The molecule has 16 heavy (non-hydrogen) atoms. The average Bonchev–Trinajstić information content (AvgIpc) is 2.72. The van der Waals surface area contributed by atoms with E-state index < -0.39 is 6.09 Å². The summed E-state index contributed by atoms with van der Waals surface area (Å²) in [6, 6.07) is 8.01. The van der Waals surface area contributed by atoms with Gasteiger partial charge in [0.25, 0.3) is 0 Å². The number of methoxy groups -OCH3 is 1. The minimum absolute atomic E-state index is 0.386. The number of thiocarbonyl (C=S) groups is 1. The van der Waals surface area contributed by atoms with Crippen LogP contribution in [0.25, 0.3) is 0 Å². The molecule has 0 atom stereocenters. The molecule has 0 radical (unpaired) electrons. The van der Waals surface area contributed by atoms with Crippen molar-refractivity contribution in [2.24, 2.45) is 0 Å². The van der Waals surface area contributed by atoms with Gasteiger partial charge in [0, 0.05) is 12.2 Å². The summed E-state index contributed by atoms with van der Waals surface area (Å²) < 4.78 is 4.50. The Hall–Kier alpha value is -1.62. The van der Waals surface area contributed by atoms with Crippen molar-refractivity contribution in [3.05, 3.63) is 29.8 Å². The summed E-state index contributed by atoms with van der Waals surface area (Å²) in [5.41, 5.74) is 2.31. The minimum atomic E-state index is -0.533. The smallest absolute Gasteiger partial charge is 0.413 e. The zero-order valence-electron chi connectivity index (χ0n) is 8.90. The topological polar surface area (TPSA) is 41.6 Å². The molecule has 0 unspecified atom stereocenters. The van der Waals surface area contributed by atoms with Gasteiger partial charge in [-0.3, -0.25) is 5.32 Å². The molecule has 84 valence electrons. The molecule has 1 aromatic rings. The Morgan fingerprint density at radius 3 is 3.00 bits per heavy atom. The van der Waals surface area contributed by atoms with Crippen molar-refractivity contribution in [2.75, 3.05) is 18.6 Å². The van der Waals surface area contributed by atoms with Crippen LogP contribution in [-0.2, 0) is 11.2 Å². The van der Waals surface area contributed by atoms with Gasteiger partial charge >= 0.3 is 6.09 Å². The Morgan fingerprint density at radius 1 is 1.50 bits per heavy atom. The zero-order chi connectivity index (χ0) is 11.5. The fourth-order valence-electron chi connectivity index (χ4n) is 1.76. The van der Waals surface area contributed by atoms with E-state index >= 15 is 0 Å². The molecule has 0 spiro atoms. The highest BCUT2D eigenvalue weighted by Gasteiger charge is 2.22. The number of nitrogens with zero attached hydrogens (tertiary/aromatic N) is 1. The number of ether oxygens (including phenoxy) is 1. The first-order valence-electron chi connectivity index (χ1n) is 4.96. The lowest BCUT2D eigenvalue weighted by Gasteiger charge is -2.19. The van der Waals surface area contributed by atoms with E-state index in [0.29, 0.717) is 5.11 Å². The number of rotatable bonds is 0. The van der Waals surface area contributed by atoms with Crippen molar-refractivity contribution < 1.29 is 9.53 Å². The lowest BCUT2D eigenvalue weighted by molar-refractivity contribution is 0.177. The van der Waals surface area contributed by atoms with Crippen LogP contribution in [0, 0.1) is 0 Å². The van der Waals surface area contributed by atoms with Gasteiger partial charge in [-0.05, 0) is 30.3 Å². The lowest BCUT2D eigenvalue weighted by Crippen LogP contribution is -2.41. The Labute approximate surface area is 99.2 Å². The highest BCUT2D eigenvalue weighted by atomic mass is 32.1. The Bertz CT molecular complexity index is 434. The molecule has 4 nitrogen and oxygen atoms in total. The normalized spacial score (nSPS) is 13.2. The Kier molecular flexibility index (Phi) is 3.05. The first kappa shape index (κ1) is 10.9. The number of alkyl carbamates (subject to hydrolysis) is 1. The number of hydrogen-bond donors (Lipinski definition) is 1. The molecule has 1 aromatic carbocycles. The summed E-state index contributed by atoms with van der Waals surface area (Å²) in [5.74, 6) is 0. The predicted molar refractivity (Wildman–Crippen MR) is 65.6 cm³/mol. The average molecular weight is 236 g/mol. The number of anilines is 1. The summed E-state index contributed by atoms with van der Waals surface area (Å²) in [4.78, 5) is 12.9. The van der Waals surface area contributed by atoms with Crippen molar-refractivity contribution in [3.8, 4) is 0 Å². The van der Waals surface area contributed by atoms with Gasteiger partial charge in [0.2, 0.25) is 0 Å². The van der Waals surface area contributed by atoms with Crippen LogP contribution in [0.5, 0.6) is 0 Å². The van der Waals surface area contributed by atoms with Gasteiger partial charge < -0.3 is 9.64 Å². The summed E-state index contributed by atoms with van der Waals surface area (Å²) in [6.45, 7) is 0.794. The third kappa shape index (κ3) is 1.99. The molecular formula is C11H12N2O2S. The largest absolute Gasteiger partial charge is 0.453 e. The molecule has 0 bridgehead atoms. The van der Waals surface area contributed by atoms with Crippen molar-refractivity contribution in [2.45, 2.75) is 6.42 Å². The van der Waals surface area contributed by atoms with Gasteiger partial charge in [-0.2, -0.15) is 0 Å². The monoisotopic (exact) mass is 236 g/mol. The minimum Gasteiger partial charge on any atom is -0.453 e. The molecule has 1 aliphatic rings. The number of carbonyl (C=O) groups excluding carboxylic acids is 1. The first-order valence-corrected chi connectivity index (χ1v) is 5.37. The summed E-state index contributed by atoms with van der Waals surface area (Å²) in [6.07, 6.45) is 0.411. The fourth-order valence-corrected chi connectivity index (χ4v) is 2.03. The van der Waals surface area contributed by atoms with Crippen molar-refractivity contribution in [1.82, 2.24) is 5.32 Å². The van der Waals surface area contributed by atoms with E-state index in [1.54, 1.807) is 0 Å². The number of hydrogen-bond acceptors (Lipinski definition) is 3. The van der Waals surface area contributed by atoms with E-state index in [1.165, 1.54) is 12.7 Å². The van der Waals surface area contributed by atoms with Crippen molar-refractivity contribution >= 4 is 29.1 Å². The quantitative estimate of drug-likeness (QED) is 0.696. The highest BCUT2D eigenvalue weighted by molar-refractivity contribution is 7.80. The number of amides is 1. The van der Waals surface area contributed by atoms with Gasteiger partial charge in [0.15, 0.2) is 5.11 Å². The van der Waals surface area contributed by atoms with E-state index in [9.17, 15) is 4.79 Å². The van der Waals surface area contributed by atoms with Crippen LogP contribution in [0.15, 0.2) is 24.3 Å². The third-order valence-electron chi connectivity index (χ3n) is 2.53. The molecule has 1 heterocycles. The molecule has 0 saturated carbocycles. The second kappa shape index (κ2) is 4.49. The van der Waals surface area contributed by atoms with Crippen LogP contribution in [0.2, 0.25) is 0 Å². The maximum Gasteiger partial charge on any atom is 0.413 e. The van der Waals surface area contributed by atoms with E-state index in [1.807, 2.05) is 23.1 Å². The molecule has 1 N–H and O–H groups in total. The van der Waals surface area contributed by atoms with E-state index in [2.05, 4.69) is 16.1 Å². The van der Waals surface area contributed by atoms with Gasteiger partial charge in [0.05, 0.1) is 7.11 Å². The number of fused-ring (bicyclic) bond motifs is 1. The molecule has 5 heteroatoms. The number of nitrogens with one attached hydrogen (secondary N) is 1. The van der Waals surface area contributed by atoms with Crippen LogP contribution in [0.3, 0.4) is 0 Å². The van der Waals surface area contributed by atoms with Gasteiger partial charge in [0.1, 0.15) is 0 Å². The highest BCUT2D eigenvalue weighted by Crippen LogP contribution is 2.27. The second-order valence-corrected chi connectivity index (χ2v) is 3.84. The first-order chi connectivity index (χ1) is 7.72. The van der Waals surface area contributed by atoms with Crippen molar-refractivity contribution in [1.29, 1.82) is 0 Å². The molecule has 2 rings (SSSR count). The lowest BCUT2D eigenvalue weighted by atomic mass is 10.2. The van der Waals surface area contributed by atoms with Gasteiger partial charge in [-0.15, -0.1) is 0 Å². The van der Waals surface area contributed by atoms with Crippen LogP contribution in [-0.4, -0.2) is 24.9 Å². The van der Waals surface area contributed by atoms with Crippen LogP contribution >= 0.6 is 12.2 Å². The molecule has 1 aliphatic heterocycles. The SMILES string of the molecule is COC(=O)NC(=S)N1CCc2ccccc21. The molecule has 0 saturated heterocycles. The van der Waals surface area contributed by atoms with E-state index in [-0.39, 0.29) is 0 Å². The van der Waals surface area contributed by atoms with Crippen molar-refractivity contribution in [3.63, 3.8) is 0 Å². The standard InChI is InChI=1S/C11H12N2O2S/c1-15-11(14)12-10(16)13-7-6-8-4-2-3-5-9(8)13/h2-5H,6-7H2,1H3,(H,12,14,16). The molecule has 1 amide bonds. The number of benzene rings is 1. The van der Waals surface area contributed by atoms with Gasteiger partial charge in [-0.25, -0.2) is 4.79 Å². The number of carbonyl (C=O) groups is 1. The van der Waals surface area contributed by atoms with Crippen LogP contribution in [0.1, 0.15) is 5.56 Å². The number of para-hydroxylation sites is 1. The summed E-state index contributed by atoms with van der Waals surface area (Å²) >= 11 is 5.15. The summed E-state index contributed by atoms with van der Waals surface area (Å²) in [7, 11) is 1.32. The maximum absolute atomic E-state index is 11.0. The molecular weight excluding hydrogens is 224 g/mol. The maximum atomic E-state index is 11.0. The Balaban J connectivity index is 2.13. The third-order valence-corrected chi connectivity index (χ3v) is 2.85. The molecule has 0 aromatic heterocycles. The van der Waals surface area contributed by atoms with E-state index in [0.717, 1.165) is 18.7 Å².